The second-order valence-electron chi connectivity index (χ2n) is 6.64. The summed E-state index contributed by atoms with van der Waals surface area (Å²) in [6.45, 7) is 5.69. The van der Waals surface area contributed by atoms with E-state index in [1.54, 1.807) is 11.0 Å². The lowest BCUT2D eigenvalue weighted by atomic mass is 9.78. The Morgan fingerprint density at radius 2 is 1.92 bits per heavy atom. The fourth-order valence-electron chi connectivity index (χ4n) is 3.46. The van der Waals surface area contributed by atoms with Crippen LogP contribution in [0.15, 0.2) is 18.3 Å². The summed E-state index contributed by atoms with van der Waals surface area (Å²) in [4.78, 5) is 18.5. The maximum Gasteiger partial charge on any atom is 0.425 e. The summed E-state index contributed by atoms with van der Waals surface area (Å²) in [7, 11) is 0. The van der Waals surface area contributed by atoms with Crippen LogP contribution in [-0.2, 0) is 4.79 Å². The van der Waals surface area contributed by atoms with E-state index in [0.29, 0.717) is 12.2 Å². The topological polar surface area (TPSA) is 42.4 Å². The second kappa shape index (κ2) is 7.62. The van der Waals surface area contributed by atoms with E-state index < -0.39 is 12.3 Å². The van der Waals surface area contributed by atoms with E-state index >= 15 is 0 Å². The molecule has 1 unspecified atom stereocenters. The van der Waals surface area contributed by atoms with Crippen molar-refractivity contribution in [2.45, 2.75) is 65.2 Å². The molecule has 0 spiro atoms. The minimum atomic E-state index is -4.44. The largest absolute Gasteiger partial charge is 0.465 e. The highest BCUT2D eigenvalue weighted by molar-refractivity contribution is 5.99. The lowest BCUT2D eigenvalue weighted by Gasteiger charge is -2.27. The lowest BCUT2D eigenvalue weighted by molar-refractivity contribution is -0.189. The number of ether oxygens (including phenoxy) is 1. The number of rotatable bonds is 7. The number of halogens is 3. The summed E-state index contributed by atoms with van der Waals surface area (Å²) in [5.41, 5.74) is 0.287. The first kappa shape index (κ1) is 19.5. The summed E-state index contributed by atoms with van der Waals surface area (Å²) in [5.74, 6) is -0.0103. The molecule has 1 amide bonds. The third kappa shape index (κ3) is 4.25. The van der Waals surface area contributed by atoms with Gasteiger partial charge in [0.2, 0.25) is 11.8 Å². The van der Waals surface area contributed by atoms with Crippen LogP contribution in [-0.4, -0.2) is 29.7 Å². The number of aromatic nitrogens is 1. The van der Waals surface area contributed by atoms with Crippen LogP contribution in [0.5, 0.6) is 5.88 Å². The van der Waals surface area contributed by atoms with Crippen LogP contribution in [0.2, 0.25) is 0 Å². The van der Waals surface area contributed by atoms with E-state index in [0.717, 1.165) is 39.0 Å². The van der Waals surface area contributed by atoms with Crippen molar-refractivity contribution in [1.82, 2.24) is 4.98 Å². The Hall–Kier alpha value is -1.79. The van der Waals surface area contributed by atoms with Crippen LogP contribution < -0.4 is 9.64 Å². The number of hydrogen-bond acceptors (Lipinski definition) is 3. The van der Waals surface area contributed by atoms with Gasteiger partial charge < -0.3 is 9.64 Å². The zero-order chi connectivity index (χ0) is 18.7. The Morgan fingerprint density at radius 3 is 2.40 bits per heavy atom. The van der Waals surface area contributed by atoms with Gasteiger partial charge in [0.25, 0.3) is 0 Å². The Balaban J connectivity index is 2.11. The highest BCUT2D eigenvalue weighted by Crippen LogP contribution is 2.42. The summed E-state index contributed by atoms with van der Waals surface area (Å²) < 4.78 is 42.4. The van der Waals surface area contributed by atoms with E-state index in [9.17, 15) is 18.0 Å². The van der Waals surface area contributed by atoms with Gasteiger partial charge in [0.05, 0.1) is 17.3 Å². The van der Waals surface area contributed by atoms with Crippen molar-refractivity contribution in [2.75, 3.05) is 11.4 Å². The maximum atomic E-state index is 12.9. The molecule has 2 rings (SSSR count). The number of carbonyl (C=O) groups excluding carboxylic acids is 1. The predicted octanol–water partition coefficient (Wildman–Crippen LogP) is 4.73. The predicted molar refractivity (Wildman–Crippen MR) is 89.6 cm³/mol. The van der Waals surface area contributed by atoms with Gasteiger partial charge in [0, 0.05) is 12.6 Å². The molecule has 0 bridgehead atoms. The van der Waals surface area contributed by atoms with Gasteiger partial charge in [-0.1, -0.05) is 26.7 Å². The number of anilines is 1. The van der Waals surface area contributed by atoms with Gasteiger partial charge in [-0.15, -0.1) is 0 Å². The molecule has 1 aromatic rings. The molecule has 0 aliphatic carbocycles. The fraction of sp³-hybridized carbons (Fsp3) is 0.667. The Bertz CT molecular complexity index is 581. The van der Waals surface area contributed by atoms with Gasteiger partial charge in [-0.25, -0.2) is 4.98 Å². The lowest BCUT2D eigenvalue weighted by Crippen LogP contribution is -2.34. The first-order valence-corrected chi connectivity index (χ1v) is 8.75. The molecule has 1 aromatic heterocycles. The average Bonchev–Trinajstić information content (AvgIpc) is 2.85. The number of hydrogen-bond donors (Lipinski definition) is 0. The minimum Gasteiger partial charge on any atom is -0.465 e. The summed E-state index contributed by atoms with van der Waals surface area (Å²) in [5, 5.41) is 0. The summed E-state index contributed by atoms with van der Waals surface area (Å²) >= 11 is 0. The molecule has 1 atom stereocenters. The quantitative estimate of drug-likeness (QED) is 0.707. The molecular formula is C18H25F3N2O2. The van der Waals surface area contributed by atoms with Crippen LogP contribution in [0.25, 0.3) is 0 Å². The molecule has 0 saturated carbocycles. The SMILES string of the molecule is CCCC1(CCC)CCN(c2ccc(OC(C)C(F)(F)F)nc2)C1=O. The zero-order valence-corrected chi connectivity index (χ0v) is 14.9. The first-order valence-electron chi connectivity index (χ1n) is 8.75. The van der Waals surface area contributed by atoms with E-state index in [1.165, 1.54) is 12.3 Å². The highest BCUT2D eigenvalue weighted by atomic mass is 19.4. The third-order valence-corrected chi connectivity index (χ3v) is 4.76. The van der Waals surface area contributed by atoms with Gasteiger partial charge in [0.15, 0.2) is 6.10 Å². The van der Waals surface area contributed by atoms with Gasteiger partial charge in [-0.05, 0) is 32.3 Å². The molecule has 4 nitrogen and oxygen atoms in total. The molecule has 1 fully saturated rings. The van der Waals surface area contributed by atoms with E-state index in [-0.39, 0.29) is 17.2 Å². The van der Waals surface area contributed by atoms with Crippen LogP contribution in [0.1, 0.15) is 52.9 Å². The number of alkyl halides is 3. The van der Waals surface area contributed by atoms with Crippen molar-refractivity contribution < 1.29 is 22.7 Å². The average molecular weight is 358 g/mol. The van der Waals surface area contributed by atoms with E-state index in [1.807, 2.05) is 0 Å². The Labute approximate surface area is 146 Å². The van der Waals surface area contributed by atoms with Crippen molar-refractivity contribution >= 4 is 11.6 Å². The number of pyridine rings is 1. The van der Waals surface area contributed by atoms with Crippen molar-refractivity contribution in [2.24, 2.45) is 5.41 Å². The molecule has 1 saturated heterocycles. The number of amides is 1. The van der Waals surface area contributed by atoms with Crippen molar-refractivity contribution in [1.29, 1.82) is 0 Å². The maximum absolute atomic E-state index is 12.9. The number of carbonyl (C=O) groups is 1. The van der Waals surface area contributed by atoms with Crippen LogP contribution >= 0.6 is 0 Å². The molecule has 0 N–H and O–H groups in total. The van der Waals surface area contributed by atoms with Crippen LogP contribution in [0.3, 0.4) is 0 Å². The highest BCUT2D eigenvalue weighted by Gasteiger charge is 2.45. The van der Waals surface area contributed by atoms with Crippen molar-refractivity contribution in [3.05, 3.63) is 18.3 Å². The van der Waals surface area contributed by atoms with Crippen molar-refractivity contribution in [3.63, 3.8) is 0 Å². The summed E-state index contributed by atoms with van der Waals surface area (Å²) in [6, 6.07) is 2.97. The normalized spacial score (nSPS) is 18.5. The van der Waals surface area contributed by atoms with Gasteiger partial charge in [0.1, 0.15) is 0 Å². The van der Waals surface area contributed by atoms with Gasteiger partial charge in [-0.3, -0.25) is 4.79 Å². The van der Waals surface area contributed by atoms with Crippen LogP contribution in [0.4, 0.5) is 18.9 Å². The molecule has 1 aliphatic heterocycles. The fourth-order valence-corrected chi connectivity index (χ4v) is 3.46. The molecule has 2 heterocycles. The Morgan fingerprint density at radius 1 is 1.28 bits per heavy atom. The molecule has 140 valence electrons. The third-order valence-electron chi connectivity index (χ3n) is 4.76. The van der Waals surface area contributed by atoms with E-state index in [4.69, 9.17) is 4.74 Å². The molecule has 25 heavy (non-hydrogen) atoms. The molecule has 0 aromatic carbocycles. The smallest absolute Gasteiger partial charge is 0.425 e. The van der Waals surface area contributed by atoms with Crippen molar-refractivity contribution in [3.8, 4) is 5.88 Å². The first-order chi connectivity index (χ1) is 11.7. The van der Waals surface area contributed by atoms with Gasteiger partial charge in [-0.2, -0.15) is 13.2 Å². The molecule has 1 aliphatic rings. The Kier molecular flexibility index (Phi) is 5.95. The van der Waals surface area contributed by atoms with E-state index in [2.05, 4.69) is 18.8 Å². The standard InChI is InChI=1S/C18H25F3N2O2/c1-4-8-17(9-5-2)10-11-23(16(17)24)14-6-7-15(22-12-14)25-13(3)18(19,20)21/h6-7,12-13H,4-5,8-11H2,1-3H3. The monoisotopic (exact) mass is 358 g/mol. The molecular weight excluding hydrogens is 333 g/mol. The molecule has 0 radical (unpaired) electrons. The summed E-state index contributed by atoms with van der Waals surface area (Å²) in [6.07, 6.45) is -0.561. The second-order valence-corrected chi connectivity index (χ2v) is 6.64. The van der Waals surface area contributed by atoms with Crippen LogP contribution in [0, 0.1) is 5.41 Å². The minimum absolute atomic E-state index is 0.0929. The zero-order valence-electron chi connectivity index (χ0n) is 14.9. The number of nitrogens with zero attached hydrogens (tertiary/aromatic N) is 2. The molecule has 7 heteroatoms. The van der Waals surface area contributed by atoms with Gasteiger partial charge >= 0.3 is 6.18 Å².